The third-order valence-corrected chi connectivity index (χ3v) is 6.57. The van der Waals surface area contributed by atoms with Crippen LogP contribution in [0.15, 0.2) is 75.9 Å². The zero-order valence-corrected chi connectivity index (χ0v) is 17.5. The van der Waals surface area contributed by atoms with Crippen molar-refractivity contribution in [1.29, 1.82) is 0 Å². The summed E-state index contributed by atoms with van der Waals surface area (Å²) in [7, 11) is -3.95. The smallest absolute Gasteiger partial charge is 0.265 e. The van der Waals surface area contributed by atoms with E-state index in [-0.39, 0.29) is 16.4 Å². The molecular formula is C20H18N4O4S2. The molecule has 3 N–H and O–H groups in total. The predicted octanol–water partition coefficient (Wildman–Crippen LogP) is 4.01. The van der Waals surface area contributed by atoms with E-state index in [0.717, 1.165) is 11.8 Å². The summed E-state index contributed by atoms with van der Waals surface area (Å²) in [5.74, 6) is 0.295. The van der Waals surface area contributed by atoms with E-state index in [2.05, 4.69) is 19.9 Å². The van der Waals surface area contributed by atoms with Crippen molar-refractivity contribution < 1.29 is 18.3 Å². The topological polar surface area (TPSA) is 117 Å². The molecule has 0 radical (unpaired) electrons. The third kappa shape index (κ3) is 3.91. The van der Waals surface area contributed by atoms with E-state index in [1.807, 2.05) is 0 Å². The van der Waals surface area contributed by atoms with Crippen LogP contribution in [0.2, 0.25) is 0 Å². The van der Waals surface area contributed by atoms with E-state index in [1.165, 1.54) is 12.4 Å². The Labute approximate surface area is 177 Å². The van der Waals surface area contributed by atoms with Crippen LogP contribution in [0.25, 0.3) is 10.8 Å². The SMILES string of the molecule is CCOc1ccccc1S(=O)(=O)Nc1cc(Sc2nc[nH]n2)c(O)c2ccccc12. The minimum Gasteiger partial charge on any atom is -0.506 e. The standard InChI is InChI=1S/C20H18N4O4S2/c1-2-28-16-9-5-6-10-18(16)30(26,27)24-15-11-17(29-20-21-12-22-23-20)19(25)14-8-4-3-7-13(14)15/h3-12,24-25H,2H2,1H3,(H,21,22,23). The molecule has 10 heteroatoms. The molecule has 0 aliphatic rings. The Balaban J connectivity index is 1.81. The van der Waals surface area contributed by atoms with Crippen molar-refractivity contribution >= 4 is 38.2 Å². The Morgan fingerprint density at radius 2 is 1.87 bits per heavy atom. The quantitative estimate of drug-likeness (QED) is 0.370. The lowest BCUT2D eigenvalue weighted by atomic mass is 10.1. The molecule has 1 heterocycles. The normalized spacial score (nSPS) is 11.5. The summed E-state index contributed by atoms with van der Waals surface area (Å²) in [5.41, 5.74) is 0.327. The van der Waals surface area contributed by atoms with Gasteiger partial charge in [-0.3, -0.25) is 9.82 Å². The second kappa shape index (κ2) is 8.25. The fraction of sp³-hybridized carbons (Fsp3) is 0.100. The maximum atomic E-state index is 13.2. The zero-order chi connectivity index (χ0) is 21.1. The number of rotatable bonds is 7. The summed E-state index contributed by atoms with van der Waals surface area (Å²) in [4.78, 5) is 4.50. The molecule has 8 nitrogen and oxygen atoms in total. The number of aromatic hydroxyl groups is 1. The largest absolute Gasteiger partial charge is 0.506 e. The maximum absolute atomic E-state index is 13.2. The number of hydrogen-bond acceptors (Lipinski definition) is 7. The first kappa shape index (κ1) is 20.0. The van der Waals surface area contributed by atoms with E-state index in [0.29, 0.717) is 33.1 Å². The van der Waals surface area contributed by atoms with Crippen molar-refractivity contribution in [1.82, 2.24) is 15.2 Å². The molecule has 0 spiro atoms. The number of sulfonamides is 1. The number of aromatic nitrogens is 3. The van der Waals surface area contributed by atoms with Crippen LogP contribution in [0.5, 0.6) is 11.5 Å². The number of phenols is 1. The Kier molecular flexibility index (Phi) is 5.51. The summed E-state index contributed by atoms with van der Waals surface area (Å²) in [5, 5.41) is 18.8. The van der Waals surface area contributed by atoms with Crippen LogP contribution in [-0.2, 0) is 10.0 Å². The molecule has 0 bridgehead atoms. The first-order valence-corrected chi connectivity index (χ1v) is 11.3. The highest BCUT2D eigenvalue weighted by Crippen LogP contribution is 2.42. The highest BCUT2D eigenvalue weighted by atomic mass is 32.2. The van der Waals surface area contributed by atoms with Crippen molar-refractivity contribution in [2.75, 3.05) is 11.3 Å². The maximum Gasteiger partial charge on any atom is 0.265 e. The molecule has 0 fully saturated rings. The van der Waals surface area contributed by atoms with Crippen molar-refractivity contribution in [3.8, 4) is 11.5 Å². The van der Waals surface area contributed by atoms with Gasteiger partial charge in [-0.05, 0) is 36.9 Å². The lowest BCUT2D eigenvalue weighted by molar-refractivity contribution is 0.331. The van der Waals surface area contributed by atoms with Gasteiger partial charge in [0.15, 0.2) is 0 Å². The van der Waals surface area contributed by atoms with Gasteiger partial charge in [0.2, 0.25) is 5.16 Å². The molecule has 0 aliphatic carbocycles. The molecule has 0 atom stereocenters. The molecule has 30 heavy (non-hydrogen) atoms. The summed E-state index contributed by atoms with van der Waals surface area (Å²) < 4.78 is 34.4. The van der Waals surface area contributed by atoms with Crippen molar-refractivity contribution in [3.05, 3.63) is 60.9 Å². The number of phenolic OH excluding ortho intramolecular Hbond substituents is 1. The molecule has 3 aromatic carbocycles. The minimum absolute atomic E-state index is 0.0260. The molecular weight excluding hydrogens is 424 g/mol. The Morgan fingerprint density at radius 3 is 2.60 bits per heavy atom. The number of hydrogen-bond donors (Lipinski definition) is 3. The van der Waals surface area contributed by atoms with Gasteiger partial charge in [0.05, 0.1) is 17.2 Å². The van der Waals surface area contributed by atoms with Gasteiger partial charge >= 0.3 is 0 Å². The van der Waals surface area contributed by atoms with Crippen LogP contribution in [0, 0.1) is 0 Å². The van der Waals surface area contributed by atoms with Crippen LogP contribution in [-0.4, -0.2) is 35.3 Å². The van der Waals surface area contributed by atoms with Crippen molar-refractivity contribution in [3.63, 3.8) is 0 Å². The Bertz CT molecular complexity index is 1290. The lowest BCUT2D eigenvalue weighted by Crippen LogP contribution is -2.15. The molecule has 0 saturated heterocycles. The second-order valence-electron chi connectivity index (χ2n) is 6.19. The number of ether oxygens (including phenoxy) is 1. The Morgan fingerprint density at radius 1 is 1.13 bits per heavy atom. The van der Waals surface area contributed by atoms with Gasteiger partial charge in [-0.15, -0.1) is 5.10 Å². The number of H-pyrrole nitrogens is 1. The van der Waals surface area contributed by atoms with Crippen molar-refractivity contribution in [2.45, 2.75) is 21.9 Å². The van der Waals surface area contributed by atoms with Crippen LogP contribution in [0.3, 0.4) is 0 Å². The second-order valence-corrected chi connectivity index (χ2v) is 8.85. The number of nitrogens with one attached hydrogen (secondary N) is 2. The first-order valence-electron chi connectivity index (χ1n) is 9.02. The van der Waals surface area contributed by atoms with Gasteiger partial charge < -0.3 is 9.84 Å². The van der Waals surface area contributed by atoms with Gasteiger partial charge in [0.25, 0.3) is 10.0 Å². The molecule has 4 aromatic rings. The van der Waals surface area contributed by atoms with E-state index in [1.54, 1.807) is 55.5 Å². The first-order chi connectivity index (χ1) is 14.5. The fourth-order valence-electron chi connectivity index (χ4n) is 2.99. The average molecular weight is 443 g/mol. The van der Waals surface area contributed by atoms with E-state index in [9.17, 15) is 13.5 Å². The number of anilines is 1. The predicted molar refractivity (Wildman–Crippen MR) is 115 cm³/mol. The Hall–Kier alpha value is -3.24. The highest BCUT2D eigenvalue weighted by molar-refractivity contribution is 7.99. The van der Waals surface area contributed by atoms with Gasteiger partial charge in [-0.25, -0.2) is 13.4 Å². The van der Waals surface area contributed by atoms with Gasteiger partial charge in [-0.2, -0.15) is 0 Å². The zero-order valence-electron chi connectivity index (χ0n) is 15.9. The van der Waals surface area contributed by atoms with Gasteiger partial charge in [0, 0.05) is 10.8 Å². The molecule has 0 unspecified atom stereocenters. The van der Waals surface area contributed by atoms with Gasteiger partial charge in [0.1, 0.15) is 22.7 Å². The summed E-state index contributed by atoms with van der Waals surface area (Å²) >= 11 is 1.12. The van der Waals surface area contributed by atoms with Gasteiger partial charge in [-0.1, -0.05) is 36.4 Å². The summed E-state index contributed by atoms with van der Waals surface area (Å²) in [6.45, 7) is 2.13. The fourth-order valence-corrected chi connectivity index (χ4v) is 4.99. The third-order valence-electron chi connectivity index (χ3n) is 4.26. The van der Waals surface area contributed by atoms with Crippen LogP contribution >= 0.6 is 11.8 Å². The highest BCUT2D eigenvalue weighted by Gasteiger charge is 2.22. The average Bonchev–Trinajstić information content (AvgIpc) is 3.25. The minimum atomic E-state index is -3.95. The van der Waals surface area contributed by atoms with Crippen molar-refractivity contribution in [2.24, 2.45) is 0 Å². The molecule has 0 saturated carbocycles. The van der Waals surface area contributed by atoms with E-state index < -0.39 is 10.0 Å². The molecule has 0 aliphatic heterocycles. The number of fused-ring (bicyclic) bond motifs is 1. The van der Waals surface area contributed by atoms with Crippen LogP contribution in [0.1, 0.15) is 6.92 Å². The summed E-state index contributed by atoms with van der Waals surface area (Å²) in [6.07, 6.45) is 1.43. The summed E-state index contributed by atoms with van der Waals surface area (Å²) in [6, 6.07) is 15.0. The number of benzene rings is 3. The molecule has 0 amide bonds. The molecule has 4 rings (SSSR count). The lowest BCUT2D eigenvalue weighted by Gasteiger charge is -2.16. The number of nitrogens with zero attached hydrogens (tertiary/aromatic N) is 2. The van der Waals surface area contributed by atoms with E-state index in [4.69, 9.17) is 4.74 Å². The van der Waals surface area contributed by atoms with E-state index >= 15 is 0 Å². The van der Waals surface area contributed by atoms with Crippen LogP contribution < -0.4 is 9.46 Å². The number of para-hydroxylation sites is 1. The van der Waals surface area contributed by atoms with Crippen LogP contribution in [0.4, 0.5) is 5.69 Å². The number of aromatic amines is 1. The molecule has 154 valence electrons. The monoisotopic (exact) mass is 442 g/mol. The molecule has 1 aromatic heterocycles.